The lowest BCUT2D eigenvalue weighted by Crippen LogP contribution is -2.52. The summed E-state index contributed by atoms with van der Waals surface area (Å²) in [7, 11) is 1.22. The van der Waals surface area contributed by atoms with Gasteiger partial charge in [-0.1, -0.05) is 0 Å². The number of Topliss-reactive ketones (excluding diaryl/α,β-unsaturated/α-hetero) is 1. The van der Waals surface area contributed by atoms with Gasteiger partial charge in [0.2, 0.25) is 0 Å². The van der Waals surface area contributed by atoms with Gasteiger partial charge in [-0.05, 0) is 31.0 Å². The number of ether oxygens (including phenoxy) is 2. The second kappa shape index (κ2) is 8.49. The van der Waals surface area contributed by atoms with Gasteiger partial charge < -0.3 is 19.5 Å². The Balaban J connectivity index is 1.55. The Morgan fingerprint density at radius 2 is 1.96 bits per heavy atom. The molecule has 1 unspecified atom stereocenters. The minimum atomic E-state index is -0.691. The van der Waals surface area contributed by atoms with Crippen LogP contribution in [0.4, 0.5) is 0 Å². The summed E-state index contributed by atoms with van der Waals surface area (Å²) in [5.41, 5.74) is 0.307. The molecule has 1 atom stereocenters. The highest BCUT2D eigenvalue weighted by Gasteiger charge is 2.30. The van der Waals surface area contributed by atoms with Gasteiger partial charge in [-0.2, -0.15) is 0 Å². The maximum Gasteiger partial charge on any atom is 0.341 e. The number of hydrogen-bond acceptors (Lipinski definition) is 7. The maximum absolute atomic E-state index is 12.5. The van der Waals surface area contributed by atoms with Crippen molar-refractivity contribution in [2.45, 2.75) is 18.9 Å². The van der Waals surface area contributed by atoms with Crippen molar-refractivity contribution in [2.75, 3.05) is 46.4 Å². The SMILES string of the molecule is COC(=O)c1cc(C(=O)CN2CCN(C(=O)C3CCCO3)CC2)ccc1O. The molecule has 0 radical (unpaired) electrons. The molecule has 2 aliphatic heterocycles. The van der Waals surface area contributed by atoms with E-state index in [0.717, 1.165) is 12.8 Å². The zero-order chi connectivity index (χ0) is 19.4. The summed E-state index contributed by atoms with van der Waals surface area (Å²) < 4.78 is 10.1. The van der Waals surface area contributed by atoms with E-state index in [-0.39, 0.29) is 35.7 Å². The second-order valence-corrected chi connectivity index (χ2v) is 6.75. The van der Waals surface area contributed by atoms with Crippen LogP contribution in [-0.2, 0) is 14.3 Å². The third-order valence-electron chi connectivity index (χ3n) is 4.98. The molecular weight excluding hydrogens is 352 g/mol. The van der Waals surface area contributed by atoms with Crippen LogP contribution in [-0.4, -0.2) is 85.1 Å². The van der Waals surface area contributed by atoms with Crippen molar-refractivity contribution in [1.82, 2.24) is 9.80 Å². The fourth-order valence-electron chi connectivity index (χ4n) is 3.38. The van der Waals surface area contributed by atoms with Gasteiger partial charge in [0.25, 0.3) is 5.91 Å². The number of benzene rings is 1. The van der Waals surface area contributed by atoms with Gasteiger partial charge in [-0.25, -0.2) is 4.79 Å². The number of carbonyl (C=O) groups is 3. The van der Waals surface area contributed by atoms with Crippen molar-refractivity contribution in [3.05, 3.63) is 29.3 Å². The number of rotatable bonds is 5. The van der Waals surface area contributed by atoms with Gasteiger partial charge in [0.05, 0.1) is 13.7 Å². The van der Waals surface area contributed by atoms with Crippen molar-refractivity contribution >= 4 is 17.7 Å². The average molecular weight is 376 g/mol. The summed E-state index contributed by atoms with van der Waals surface area (Å²) in [5.74, 6) is -1.03. The highest BCUT2D eigenvalue weighted by molar-refractivity contribution is 6.01. The van der Waals surface area contributed by atoms with Crippen molar-refractivity contribution in [2.24, 2.45) is 0 Å². The van der Waals surface area contributed by atoms with Crippen molar-refractivity contribution < 1.29 is 29.0 Å². The molecule has 2 fully saturated rings. The van der Waals surface area contributed by atoms with Crippen LogP contribution in [0.2, 0.25) is 0 Å². The Morgan fingerprint density at radius 3 is 2.59 bits per heavy atom. The van der Waals surface area contributed by atoms with E-state index in [1.807, 2.05) is 4.90 Å². The number of phenols is 1. The number of esters is 1. The van der Waals surface area contributed by atoms with Crippen molar-refractivity contribution in [1.29, 1.82) is 0 Å². The molecule has 2 aliphatic rings. The largest absolute Gasteiger partial charge is 0.507 e. The average Bonchev–Trinajstić information content (AvgIpc) is 3.22. The summed E-state index contributed by atoms with van der Waals surface area (Å²) >= 11 is 0. The number of hydrogen-bond donors (Lipinski definition) is 1. The van der Waals surface area contributed by atoms with Gasteiger partial charge in [0, 0.05) is 38.3 Å². The molecule has 1 aromatic carbocycles. The highest BCUT2D eigenvalue weighted by atomic mass is 16.5. The van der Waals surface area contributed by atoms with Crippen molar-refractivity contribution in [3.63, 3.8) is 0 Å². The third kappa shape index (κ3) is 4.45. The number of nitrogens with zero attached hydrogens (tertiary/aromatic N) is 2. The van der Waals surface area contributed by atoms with E-state index in [2.05, 4.69) is 4.74 Å². The summed E-state index contributed by atoms with van der Waals surface area (Å²) in [6.07, 6.45) is 1.39. The Labute approximate surface area is 157 Å². The normalized spacial score (nSPS) is 20.5. The van der Waals surface area contributed by atoms with Gasteiger partial charge >= 0.3 is 5.97 Å². The molecule has 3 rings (SSSR count). The molecule has 1 N–H and O–H groups in total. The molecule has 0 aliphatic carbocycles. The number of methoxy groups -OCH3 is 1. The zero-order valence-electron chi connectivity index (χ0n) is 15.3. The van der Waals surface area contributed by atoms with E-state index in [1.54, 1.807) is 4.90 Å². The van der Waals surface area contributed by atoms with Crippen LogP contribution >= 0.6 is 0 Å². The van der Waals surface area contributed by atoms with E-state index in [9.17, 15) is 19.5 Å². The Bertz CT molecular complexity index is 721. The lowest BCUT2D eigenvalue weighted by atomic mass is 10.1. The van der Waals surface area contributed by atoms with Crippen LogP contribution in [0.1, 0.15) is 33.6 Å². The third-order valence-corrected chi connectivity index (χ3v) is 4.98. The van der Waals surface area contributed by atoms with E-state index in [1.165, 1.54) is 25.3 Å². The van der Waals surface area contributed by atoms with Gasteiger partial charge in [0.1, 0.15) is 17.4 Å². The molecule has 0 saturated carbocycles. The Kier molecular flexibility index (Phi) is 6.08. The summed E-state index contributed by atoms with van der Waals surface area (Å²) in [6, 6.07) is 4.15. The van der Waals surface area contributed by atoms with Crippen LogP contribution in [0.5, 0.6) is 5.75 Å². The summed E-state index contributed by atoms with van der Waals surface area (Å²) in [5, 5.41) is 9.74. The van der Waals surface area contributed by atoms with Crippen LogP contribution in [0.25, 0.3) is 0 Å². The number of amides is 1. The molecule has 2 heterocycles. The van der Waals surface area contributed by atoms with Crippen LogP contribution in [0.3, 0.4) is 0 Å². The molecule has 1 amide bonds. The monoisotopic (exact) mass is 376 g/mol. The van der Waals surface area contributed by atoms with E-state index < -0.39 is 5.97 Å². The molecule has 27 heavy (non-hydrogen) atoms. The molecule has 8 heteroatoms. The Hall–Kier alpha value is -2.45. The first-order valence-electron chi connectivity index (χ1n) is 9.07. The molecular formula is C19H24N2O6. The van der Waals surface area contributed by atoms with Gasteiger partial charge in [-0.15, -0.1) is 0 Å². The lowest BCUT2D eigenvalue weighted by Gasteiger charge is -2.35. The fourth-order valence-corrected chi connectivity index (χ4v) is 3.38. The van der Waals surface area contributed by atoms with Crippen LogP contribution < -0.4 is 0 Å². The van der Waals surface area contributed by atoms with E-state index >= 15 is 0 Å². The molecule has 1 aromatic rings. The van der Waals surface area contributed by atoms with Gasteiger partial charge in [0.15, 0.2) is 5.78 Å². The van der Waals surface area contributed by atoms with E-state index in [4.69, 9.17) is 4.74 Å². The van der Waals surface area contributed by atoms with Crippen LogP contribution in [0.15, 0.2) is 18.2 Å². The minimum absolute atomic E-state index is 0.0321. The minimum Gasteiger partial charge on any atom is -0.507 e. The smallest absolute Gasteiger partial charge is 0.341 e. The molecule has 146 valence electrons. The standard InChI is InChI=1S/C19H24N2O6/c1-26-19(25)14-11-13(4-5-15(14)22)16(23)12-20-6-8-21(9-7-20)18(24)17-3-2-10-27-17/h4-5,11,17,22H,2-3,6-10,12H2,1H3. The predicted molar refractivity (Wildman–Crippen MR) is 95.8 cm³/mol. The quantitative estimate of drug-likeness (QED) is 0.596. The first-order valence-corrected chi connectivity index (χ1v) is 9.07. The molecule has 8 nitrogen and oxygen atoms in total. The fraction of sp³-hybridized carbons (Fsp3) is 0.526. The summed E-state index contributed by atoms with van der Waals surface area (Å²) in [6.45, 7) is 3.17. The first kappa shape index (κ1) is 19.3. The van der Waals surface area contributed by atoms with E-state index in [0.29, 0.717) is 38.3 Å². The van der Waals surface area contributed by atoms with Gasteiger partial charge in [-0.3, -0.25) is 14.5 Å². The van der Waals surface area contributed by atoms with Crippen molar-refractivity contribution in [3.8, 4) is 5.75 Å². The number of aromatic hydroxyl groups is 1. The predicted octanol–water partition coefficient (Wildman–Crippen LogP) is 0.685. The molecule has 2 saturated heterocycles. The number of ketones is 1. The summed E-state index contributed by atoms with van der Waals surface area (Å²) in [4.78, 5) is 40.3. The Morgan fingerprint density at radius 1 is 1.22 bits per heavy atom. The number of carbonyl (C=O) groups excluding carboxylic acids is 3. The van der Waals surface area contributed by atoms with Crippen LogP contribution in [0, 0.1) is 0 Å². The maximum atomic E-state index is 12.5. The molecule has 0 spiro atoms. The molecule has 0 aromatic heterocycles. The number of piperazine rings is 1. The topological polar surface area (TPSA) is 96.4 Å². The zero-order valence-corrected chi connectivity index (χ0v) is 15.3. The molecule has 0 bridgehead atoms. The first-order chi connectivity index (χ1) is 13.0. The second-order valence-electron chi connectivity index (χ2n) is 6.75. The lowest BCUT2D eigenvalue weighted by molar-refractivity contribution is -0.142. The highest BCUT2D eigenvalue weighted by Crippen LogP contribution is 2.20. The number of phenolic OH excluding ortho intramolecular Hbond substituents is 1.